The van der Waals surface area contributed by atoms with Crippen molar-refractivity contribution in [2.45, 2.75) is 12.8 Å². The van der Waals surface area contributed by atoms with Gasteiger partial charge in [0, 0.05) is 18.2 Å². The van der Waals surface area contributed by atoms with E-state index in [1.165, 1.54) is 25.4 Å². The van der Waals surface area contributed by atoms with E-state index >= 15 is 0 Å². The number of hydrogen-bond acceptors (Lipinski definition) is 2. The molecular weight excluding hydrogens is 281 g/mol. The first-order valence-corrected chi connectivity index (χ1v) is 5.62. The summed E-state index contributed by atoms with van der Waals surface area (Å²) < 4.78 is 45.0. The van der Waals surface area contributed by atoms with Crippen molar-refractivity contribution in [3.8, 4) is 5.69 Å². The minimum Gasteiger partial charge on any atom is -0.378 e. The summed E-state index contributed by atoms with van der Waals surface area (Å²) in [5.74, 6) is 0. The predicted molar refractivity (Wildman–Crippen MR) is 63.1 cm³/mol. The third-order valence-corrected chi connectivity index (χ3v) is 2.67. The Morgan fingerprint density at radius 3 is 2.79 bits per heavy atom. The van der Waals surface area contributed by atoms with Gasteiger partial charge in [-0.2, -0.15) is 18.3 Å². The second-order valence-corrected chi connectivity index (χ2v) is 4.18. The SMILES string of the molecule is COCc1[c]cnn1-c1ccc(Cl)cc1C(F)(F)F. The molecule has 3 nitrogen and oxygen atoms in total. The van der Waals surface area contributed by atoms with E-state index in [4.69, 9.17) is 16.3 Å². The molecule has 0 spiro atoms. The van der Waals surface area contributed by atoms with E-state index in [1.807, 2.05) is 0 Å². The van der Waals surface area contributed by atoms with Crippen LogP contribution in [-0.2, 0) is 17.5 Å². The number of benzene rings is 1. The van der Waals surface area contributed by atoms with Gasteiger partial charge in [0.2, 0.25) is 0 Å². The average Bonchev–Trinajstić information content (AvgIpc) is 2.76. The number of aromatic nitrogens is 2. The Balaban J connectivity index is 2.58. The van der Waals surface area contributed by atoms with Crippen LogP contribution < -0.4 is 0 Å². The van der Waals surface area contributed by atoms with Gasteiger partial charge in [-0.25, -0.2) is 4.68 Å². The maximum absolute atomic E-state index is 13.0. The Kier molecular flexibility index (Phi) is 3.82. The second kappa shape index (κ2) is 5.22. The summed E-state index contributed by atoms with van der Waals surface area (Å²) in [7, 11) is 1.44. The average molecular weight is 290 g/mol. The van der Waals surface area contributed by atoms with Crippen LogP contribution in [0.15, 0.2) is 24.4 Å². The number of rotatable bonds is 3. The first kappa shape index (κ1) is 13.9. The molecule has 101 valence electrons. The number of ether oxygens (including phenoxy) is 1. The molecule has 0 fully saturated rings. The lowest BCUT2D eigenvalue weighted by molar-refractivity contribution is -0.137. The molecule has 2 rings (SSSR count). The molecule has 2 aromatic rings. The van der Waals surface area contributed by atoms with Crippen LogP contribution >= 0.6 is 11.6 Å². The molecule has 0 bridgehead atoms. The summed E-state index contributed by atoms with van der Waals surface area (Å²) in [6.45, 7) is 0.111. The van der Waals surface area contributed by atoms with Crippen LogP contribution in [0.25, 0.3) is 5.69 Å². The van der Waals surface area contributed by atoms with E-state index in [1.54, 1.807) is 0 Å². The van der Waals surface area contributed by atoms with Gasteiger partial charge in [-0.1, -0.05) is 11.6 Å². The van der Waals surface area contributed by atoms with Crippen LogP contribution in [-0.4, -0.2) is 16.9 Å². The molecule has 0 aliphatic carbocycles. The molecule has 1 aromatic carbocycles. The lowest BCUT2D eigenvalue weighted by Crippen LogP contribution is -2.13. The number of halogens is 4. The Labute approximate surface area is 112 Å². The molecule has 0 aliphatic heterocycles. The third kappa shape index (κ3) is 2.90. The van der Waals surface area contributed by atoms with Crippen LogP contribution in [0.5, 0.6) is 0 Å². The van der Waals surface area contributed by atoms with Gasteiger partial charge in [0.1, 0.15) is 0 Å². The summed E-state index contributed by atoms with van der Waals surface area (Å²) in [6, 6.07) is 6.24. The molecule has 1 heterocycles. The van der Waals surface area contributed by atoms with Crippen molar-refractivity contribution in [2.75, 3.05) is 7.11 Å². The van der Waals surface area contributed by atoms with E-state index in [9.17, 15) is 13.2 Å². The largest absolute Gasteiger partial charge is 0.418 e. The highest BCUT2D eigenvalue weighted by molar-refractivity contribution is 6.30. The quantitative estimate of drug-likeness (QED) is 0.865. The lowest BCUT2D eigenvalue weighted by Gasteiger charge is -2.15. The summed E-state index contributed by atoms with van der Waals surface area (Å²) in [5, 5.41) is 3.86. The summed E-state index contributed by atoms with van der Waals surface area (Å²) in [4.78, 5) is 0. The molecule has 1 aromatic heterocycles. The molecule has 0 amide bonds. The Hall–Kier alpha value is -1.53. The number of nitrogens with zero attached hydrogens (tertiary/aromatic N) is 2. The smallest absolute Gasteiger partial charge is 0.378 e. The van der Waals surface area contributed by atoms with Gasteiger partial charge in [-0.3, -0.25) is 0 Å². The fourth-order valence-electron chi connectivity index (χ4n) is 1.66. The highest BCUT2D eigenvalue weighted by Crippen LogP contribution is 2.35. The van der Waals surface area contributed by atoms with Gasteiger partial charge in [-0.15, -0.1) is 0 Å². The first-order chi connectivity index (χ1) is 8.93. The number of hydrogen-bond donors (Lipinski definition) is 0. The van der Waals surface area contributed by atoms with E-state index in [2.05, 4.69) is 11.2 Å². The van der Waals surface area contributed by atoms with E-state index in [-0.39, 0.29) is 17.3 Å². The zero-order chi connectivity index (χ0) is 14.0. The van der Waals surface area contributed by atoms with Crippen LogP contribution in [0.4, 0.5) is 13.2 Å². The van der Waals surface area contributed by atoms with Gasteiger partial charge in [0.25, 0.3) is 0 Å². The lowest BCUT2D eigenvalue weighted by atomic mass is 10.1. The predicted octanol–water partition coefficient (Wildman–Crippen LogP) is 3.49. The molecule has 19 heavy (non-hydrogen) atoms. The van der Waals surface area contributed by atoms with Crippen LogP contribution in [0.2, 0.25) is 5.02 Å². The van der Waals surface area contributed by atoms with Crippen LogP contribution in [0.3, 0.4) is 0 Å². The van der Waals surface area contributed by atoms with E-state index < -0.39 is 11.7 Å². The molecule has 0 unspecified atom stereocenters. The summed E-state index contributed by atoms with van der Waals surface area (Å²) >= 11 is 5.62. The fraction of sp³-hybridized carbons (Fsp3) is 0.250. The summed E-state index contributed by atoms with van der Waals surface area (Å²) in [6.07, 6.45) is -3.22. The van der Waals surface area contributed by atoms with Gasteiger partial charge in [0.15, 0.2) is 0 Å². The Bertz CT molecular complexity index is 581. The van der Waals surface area contributed by atoms with Crippen molar-refractivity contribution in [2.24, 2.45) is 0 Å². The normalized spacial score (nSPS) is 11.8. The molecule has 1 radical (unpaired) electrons. The molecule has 0 saturated heterocycles. The number of methoxy groups -OCH3 is 1. The Morgan fingerprint density at radius 2 is 2.16 bits per heavy atom. The van der Waals surface area contributed by atoms with Crippen molar-refractivity contribution in [3.05, 3.63) is 46.7 Å². The van der Waals surface area contributed by atoms with Crippen molar-refractivity contribution >= 4 is 11.6 Å². The maximum atomic E-state index is 13.0. The summed E-state index contributed by atoms with van der Waals surface area (Å²) in [5.41, 5.74) is -0.560. The molecule has 0 atom stereocenters. The standard InChI is InChI=1S/C12H9ClF3N2O/c1-19-7-9-4-5-17-18(9)11-3-2-8(13)6-10(11)12(14,15)16/h2-3,5-6H,7H2,1H3. The zero-order valence-corrected chi connectivity index (χ0v) is 10.6. The van der Waals surface area contributed by atoms with E-state index in [0.29, 0.717) is 5.69 Å². The molecule has 0 saturated carbocycles. The van der Waals surface area contributed by atoms with Gasteiger partial charge < -0.3 is 4.74 Å². The van der Waals surface area contributed by atoms with E-state index in [0.717, 1.165) is 10.7 Å². The van der Waals surface area contributed by atoms with Crippen molar-refractivity contribution in [1.82, 2.24) is 9.78 Å². The van der Waals surface area contributed by atoms with Gasteiger partial charge >= 0.3 is 6.18 Å². The molecular formula is C12H9ClF3N2O. The maximum Gasteiger partial charge on any atom is 0.418 e. The fourth-order valence-corrected chi connectivity index (χ4v) is 1.83. The minimum absolute atomic E-state index is 0.0144. The highest BCUT2D eigenvalue weighted by atomic mass is 35.5. The Morgan fingerprint density at radius 1 is 1.42 bits per heavy atom. The first-order valence-electron chi connectivity index (χ1n) is 5.24. The molecule has 7 heteroatoms. The van der Waals surface area contributed by atoms with Crippen molar-refractivity contribution < 1.29 is 17.9 Å². The molecule has 0 aliphatic rings. The zero-order valence-electron chi connectivity index (χ0n) is 9.83. The third-order valence-electron chi connectivity index (χ3n) is 2.43. The second-order valence-electron chi connectivity index (χ2n) is 3.74. The highest BCUT2D eigenvalue weighted by Gasteiger charge is 2.34. The number of alkyl halides is 3. The van der Waals surface area contributed by atoms with Gasteiger partial charge in [0.05, 0.1) is 29.7 Å². The minimum atomic E-state index is -4.52. The van der Waals surface area contributed by atoms with Crippen molar-refractivity contribution in [3.63, 3.8) is 0 Å². The topological polar surface area (TPSA) is 27.1 Å². The van der Waals surface area contributed by atoms with Crippen LogP contribution in [0.1, 0.15) is 11.3 Å². The monoisotopic (exact) mass is 289 g/mol. The van der Waals surface area contributed by atoms with Crippen LogP contribution in [0, 0.1) is 6.07 Å². The van der Waals surface area contributed by atoms with Gasteiger partial charge in [-0.05, 0) is 18.2 Å². The van der Waals surface area contributed by atoms with Crippen molar-refractivity contribution in [1.29, 1.82) is 0 Å². The molecule has 0 N–H and O–H groups in total.